The standard InChI is InChI=1S/C16H23N3O/c1-12-4-3-5-13(18-12)11-19(2)15(20)14-10-16(14)6-8-17-9-7-16/h3-5,14,17H,6-11H2,1-2H3. The molecule has 1 aliphatic heterocycles. The van der Waals surface area contributed by atoms with E-state index in [4.69, 9.17) is 0 Å². The molecule has 1 saturated heterocycles. The summed E-state index contributed by atoms with van der Waals surface area (Å²) in [5, 5.41) is 3.38. The highest BCUT2D eigenvalue weighted by atomic mass is 16.2. The van der Waals surface area contributed by atoms with Crippen LogP contribution in [-0.4, -0.2) is 35.9 Å². The third-order valence-corrected chi connectivity index (χ3v) is 4.81. The van der Waals surface area contributed by atoms with Crippen LogP contribution >= 0.6 is 0 Å². The molecule has 1 aromatic heterocycles. The van der Waals surface area contributed by atoms with Crippen LogP contribution < -0.4 is 5.32 Å². The molecule has 1 saturated carbocycles. The van der Waals surface area contributed by atoms with Crippen molar-refractivity contribution >= 4 is 5.91 Å². The zero-order valence-corrected chi connectivity index (χ0v) is 12.4. The van der Waals surface area contributed by atoms with Crippen LogP contribution in [0.3, 0.4) is 0 Å². The monoisotopic (exact) mass is 273 g/mol. The highest BCUT2D eigenvalue weighted by Crippen LogP contribution is 2.59. The summed E-state index contributed by atoms with van der Waals surface area (Å²) < 4.78 is 0. The molecule has 1 unspecified atom stereocenters. The first kappa shape index (κ1) is 13.6. The number of nitrogens with one attached hydrogen (secondary N) is 1. The summed E-state index contributed by atoms with van der Waals surface area (Å²) in [7, 11) is 1.90. The zero-order valence-electron chi connectivity index (χ0n) is 12.4. The Balaban J connectivity index is 1.60. The van der Waals surface area contributed by atoms with Crippen molar-refractivity contribution in [3.05, 3.63) is 29.6 Å². The van der Waals surface area contributed by atoms with Crippen molar-refractivity contribution in [2.75, 3.05) is 20.1 Å². The predicted octanol–water partition coefficient (Wildman–Crippen LogP) is 1.74. The van der Waals surface area contributed by atoms with Crippen molar-refractivity contribution in [3.8, 4) is 0 Å². The summed E-state index contributed by atoms with van der Waals surface area (Å²) in [6.45, 7) is 4.72. The average Bonchev–Trinajstić information content (AvgIpc) is 3.12. The molecule has 1 amide bonds. The van der Waals surface area contributed by atoms with E-state index in [1.54, 1.807) is 0 Å². The first-order chi connectivity index (χ1) is 9.61. The molecule has 4 heteroatoms. The summed E-state index contributed by atoms with van der Waals surface area (Å²) in [5.41, 5.74) is 2.29. The minimum absolute atomic E-state index is 0.249. The van der Waals surface area contributed by atoms with Crippen LogP contribution in [0.15, 0.2) is 18.2 Å². The van der Waals surface area contributed by atoms with Gasteiger partial charge in [-0.2, -0.15) is 0 Å². The smallest absolute Gasteiger partial charge is 0.226 e. The maximum Gasteiger partial charge on any atom is 0.226 e. The van der Waals surface area contributed by atoms with Gasteiger partial charge in [0.05, 0.1) is 12.2 Å². The van der Waals surface area contributed by atoms with Gasteiger partial charge >= 0.3 is 0 Å². The number of aromatic nitrogens is 1. The Kier molecular flexibility index (Phi) is 3.50. The van der Waals surface area contributed by atoms with E-state index in [1.165, 1.54) is 0 Å². The molecule has 1 spiro atoms. The summed E-state index contributed by atoms with van der Waals surface area (Å²) in [6, 6.07) is 5.97. The van der Waals surface area contributed by atoms with Crippen molar-refractivity contribution in [2.24, 2.45) is 11.3 Å². The van der Waals surface area contributed by atoms with Gasteiger partial charge in [-0.05, 0) is 56.8 Å². The van der Waals surface area contributed by atoms with Gasteiger partial charge in [0.2, 0.25) is 5.91 Å². The number of nitrogens with zero attached hydrogens (tertiary/aromatic N) is 2. The quantitative estimate of drug-likeness (QED) is 0.912. The summed E-state index contributed by atoms with van der Waals surface area (Å²) in [5.74, 6) is 0.551. The molecule has 108 valence electrons. The Bertz CT molecular complexity index is 508. The molecule has 2 aliphatic rings. The molecule has 2 fully saturated rings. The normalized spacial score (nSPS) is 23.6. The fraction of sp³-hybridized carbons (Fsp3) is 0.625. The number of rotatable bonds is 3. The topological polar surface area (TPSA) is 45.2 Å². The van der Waals surface area contributed by atoms with Crippen LogP contribution in [0.2, 0.25) is 0 Å². The van der Waals surface area contributed by atoms with Crippen molar-refractivity contribution in [2.45, 2.75) is 32.7 Å². The van der Waals surface area contributed by atoms with Crippen LogP contribution in [0, 0.1) is 18.3 Å². The fourth-order valence-corrected chi connectivity index (χ4v) is 3.45. The van der Waals surface area contributed by atoms with Crippen molar-refractivity contribution in [1.29, 1.82) is 0 Å². The first-order valence-corrected chi connectivity index (χ1v) is 7.49. The van der Waals surface area contributed by atoms with Gasteiger partial charge in [0.1, 0.15) is 0 Å². The second-order valence-electron chi connectivity index (χ2n) is 6.33. The minimum atomic E-state index is 0.249. The maximum atomic E-state index is 12.5. The van der Waals surface area contributed by atoms with Gasteiger partial charge in [0.15, 0.2) is 0 Å². The van der Waals surface area contributed by atoms with Crippen molar-refractivity contribution in [1.82, 2.24) is 15.2 Å². The molecular formula is C16H23N3O. The number of carbonyl (C=O) groups excluding carboxylic acids is 1. The molecule has 2 heterocycles. The molecule has 3 rings (SSSR count). The van der Waals surface area contributed by atoms with E-state index in [9.17, 15) is 4.79 Å². The van der Waals surface area contributed by atoms with Gasteiger partial charge in [-0.3, -0.25) is 9.78 Å². The molecule has 1 aromatic rings. The maximum absolute atomic E-state index is 12.5. The van der Waals surface area contributed by atoms with E-state index in [0.717, 1.165) is 43.7 Å². The highest BCUT2D eigenvalue weighted by Gasteiger charge is 2.58. The molecule has 20 heavy (non-hydrogen) atoms. The third-order valence-electron chi connectivity index (χ3n) is 4.81. The minimum Gasteiger partial charge on any atom is -0.340 e. The Morgan fingerprint density at radius 1 is 1.45 bits per heavy atom. The Morgan fingerprint density at radius 2 is 2.20 bits per heavy atom. The SMILES string of the molecule is Cc1cccc(CN(C)C(=O)C2CC23CCNCC3)n1. The van der Waals surface area contributed by atoms with Gasteiger partial charge in [-0.15, -0.1) is 0 Å². The lowest BCUT2D eigenvalue weighted by Gasteiger charge is -2.25. The molecule has 0 radical (unpaired) electrons. The summed E-state index contributed by atoms with van der Waals surface area (Å²) in [4.78, 5) is 18.9. The Morgan fingerprint density at radius 3 is 2.90 bits per heavy atom. The molecule has 0 bridgehead atoms. The van der Waals surface area contributed by atoms with Crippen LogP contribution in [0.4, 0.5) is 0 Å². The van der Waals surface area contributed by atoms with E-state index in [-0.39, 0.29) is 5.92 Å². The highest BCUT2D eigenvalue weighted by molar-refractivity contribution is 5.82. The number of amides is 1. The second kappa shape index (κ2) is 5.17. The fourth-order valence-electron chi connectivity index (χ4n) is 3.45. The number of hydrogen-bond acceptors (Lipinski definition) is 3. The van der Waals surface area contributed by atoms with Crippen molar-refractivity contribution in [3.63, 3.8) is 0 Å². The summed E-state index contributed by atoms with van der Waals surface area (Å²) >= 11 is 0. The first-order valence-electron chi connectivity index (χ1n) is 7.49. The van der Waals surface area contributed by atoms with E-state index in [2.05, 4.69) is 10.3 Å². The number of aryl methyl sites for hydroxylation is 1. The Labute approximate surface area is 120 Å². The van der Waals surface area contributed by atoms with Gasteiger partial charge < -0.3 is 10.2 Å². The lowest BCUT2D eigenvalue weighted by atomic mass is 9.91. The van der Waals surface area contributed by atoms with Crippen molar-refractivity contribution < 1.29 is 4.79 Å². The largest absolute Gasteiger partial charge is 0.340 e. The van der Waals surface area contributed by atoms with E-state index in [1.807, 2.05) is 37.1 Å². The number of hydrogen-bond donors (Lipinski definition) is 1. The van der Waals surface area contributed by atoms with Crippen LogP contribution in [0.1, 0.15) is 30.7 Å². The van der Waals surface area contributed by atoms with Crippen LogP contribution in [0.25, 0.3) is 0 Å². The van der Waals surface area contributed by atoms with Gasteiger partial charge in [-0.25, -0.2) is 0 Å². The number of pyridine rings is 1. The third kappa shape index (κ3) is 2.57. The lowest BCUT2D eigenvalue weighted by Crippen LogP contribution is -2.34. The Hall–Kier alpha value is -1.42. The van der Waals surface area contributed by atoms with Crippen LogP contribution in [0.5, 0.6) is 0 Å². The van der Waals surface area contributed by atoms with Gasteiger partial charge in [0.25, 0.3) is 0 Å². The van der Waals surface area contributed by atoms with E-state index < -0.39 is 0 Å². The van der Waals surface area contributed by atoms with Crippen LogP contribution in [-0.2, 0) is 11.3 Å². The lowest BCUT2D eigenvalue weighted by molar-refractivity contribution is -0.132. The molecule has 1 N–H and O–H groups in total. The second-order valence-corrected chi connectivity index (χ2v) is 6.33. The average molecular weight is 273 g/mol. The predicted molar refractivity (Wildman–Crippen MR) is 78.1 cm³/mol. The number of piperidine rings is 1. The number of carbonyl (C=O) groups is 1. The molecule has 1 aliphatic carbocycles. The molecular weight excluding hydrogens is 250 g/mol. The molecule has 0 aromatic carbocycles. The zero-order chi connectivity index (χ0) is 14.2. The molecule has 4 nitrogen and oxygen atoms in total. The van der Waals surface area contributed by atoms with Gasteiger partial charge in [-0.1, -0.05) is 6.07 Å². The summed E-state index contributed by atoms with van der Waals surface area (Å²) in [6.07, 6.45) is 3.39. The van der Waals surface area contributed by atoms with Gasteiger partial charge in [0, 0.05) is 18.7 Å². The van der Waals surface area contributed by atoms with E-state index >= 15 is 0 Å². The molecule has 1 atom stereocenters. The van der Waals surface area contributed by atoms with E-state index in [0.29, 0.717) is 17.9 Å².